The quantitative estimate of drug-likeness (QED) is 0.784. The summed E-state index contributed by atoms with van der Waals surface area (Å²) in [5.74, 6) is 0.0476. The van der Waals surface area contributed by atoms with E-state index in [1.807, 2.05) is 30.0 Å². The first-order chi connectivity index (χ1) is 11.1. The van der Waals surface area contributed by atoms with Crippen LogP contribution in [0.2, 0.25) is 0 Å². The number of thiophene rings is 1. The Kier molecular flexibility index (Phi) is 3.30. The number of hydrogen-bond donors (Lipinski definition) is 1. The van der Waals surface area contributed by atoms with Crippen LogP contribution in [0.15, 0.2) is 35.3 Å². The smallest absolute Gasteiger partial charge is 0.327 e. The lowest BCUT2D eigenvalue weighted by Gasteiger charge is -2.16. The molecular formula is C16H16N4O2S. The number of carbonyl (C=O) groups is 1. The Balaban J connectivity index is 1.62. The number of imidazole rings is 1. The first-order valence-electron chi connectivity index (χ1n) is 7.54. The Morgan fingerprint density at radius 1 is 1.39 bits per heavy atom. The van der Waals surface area contributed by atoms with E-state index >= 15 is 0 Å². The molecule has 0 bridgehead atoms. The highest BCUT2D eigenvalue weighted by atomic mass is 32.1. The minimum Gasteiger partial charge on any atom is -0.336 e. The molecule has 1 N–H and O–H groups in total. The first-order valence-corrected chi connectivity index (χ1v) is 8.36. The third-order valence-electron chi connectivity index (χ3n) is 4.24. The number of nitrogens with zero attached hydrogens (tertiary/aromatic N) is 3. The first kappa shape index (κ1) is 14.2. The second-order valence-corrected chi connectivity index (χ2v) is 7.07. The van der Waals surface area contributed by atoms with Gasteiger partial charge in [0.2, 0.25) is 0 Å². The summed E-state index contributed by atoms with van der Waals surface area (Å²) in [6.07, 6.45) is 2.44. The van der Waals surface area contributed by atoms with Gasteiger partial charge in [-0.25, -0.2) is 9.78 Å². The summed E-state index contributed by atoms with van der Waals surface area (Å²) in [4.78, 5) is 35.6. The van der Waals surface area contributed by atoms with Crippen molar-refractivity contribution in [3.8, 4) is 0 Å². The van der Waals surface area contributed by atoms with E-state index in [2.05, 4.69) is 9.97 Å². The number of amides is 1. The topological polar surface area (TPSA) is 71.0 Å². The van der Waals surface area contributed by atoms with Crippen LogP contribution in [0.25, 0.3) is 11.2 Å². The van der Waals surface area contributed by atoms with Crippen molar-refractivity contribution in [1.82, 2.24) is 19.4 Å². The summed E-state index contributed by atoms with van der Waals surface area (Å²) >= 11 is 1.51. The molecule has 3 aromatic rings. The highest BCUT2D eigenvalue weighted by Crippen LogP contribution is 2.26. The molecule has 0 unspecified atom stereocenters. The van der Waals surface area contributed by atoms with E-state index in [0.29, 0.717) is 18.7 Å². The molecule has 7 heteroatoms. The van der Waals surface area contributed by atoms with Gasteiger partial charge in [-0.2, -0.15) is 0 Å². The molecule has 118 valence electrons. The maximum atomic E-state index is 12.5. The zero-order chi connectivity index (χ0) is 16.0. The molecule has 1 aliphatic heterocycles. The third kappa shape index (κ3) is 2.37. The number of aryl methyl sites for hydroxylation is 1. The summed E-state index contributed by atoms with van der Waals surface area (Å²) in [7, 11) is 0. The van der Waals surface area contributed by atoms with E-state index in [4.69, 9.17) is 0 Å². The molecule has 4 rings (SSSR count). The fourth-order valence-corrected chi connectivity index (χ4v) is 3.97. The Morgan fingerprint density at radius 3 is 3.04 bits per heavy atom. The maximum Gasteiger partial charge on any atom is 0.327 e. The largest absolute Gasteiger partial charge is 0.336 e. The lowest BCUT2D eigenvalue weighted by Crippen LogP contribution is -2.30. The van der Waals surface area contributed by atoms with Crippen LogP contribution in [-0.4, -0.2) is 38.4 Å². The monoisotopic (exact) mass is 328 g/mol. The van der Waals surface area contributed by atoms with E-state index < -0.39 is 0 Å². The Bertz CT molecular complexity index is 939. The molecule has 23 heavy (non-hydrogen) atoms. The zero-order valence-corrected chi connectivity index (χ0v) is 13.5. The van der Waals surface area contributed by atoms with Crippen LogP contribution in [0.5, 0.6) is 0 Å². The van der Waals surface area contributed by atoms with Gasteiger partial charge < -0.3 is 9.88 Å². The predicted octanol–water partition coefficient (Wildman–Crippen LogP) is 2.18. The third-order valence-corrected chi connectivity index (χ3v) is 5.23. The van der Waals surface area contributed by atoms with Gasteiger partial charge in [-0.15, -0.1) is 11.3 Å². The lowest BCUT2D eigenvalue weighted by atomic mass is 10.2. The van der Waals surface area contributed by atoms with Crippen molar-refractivity contribution in [2.75, 3.05) is 13.1 Å². The number of hydrogen-bond acceptors (Lipinski definition) is 4. The van der Waals surface area contributed by atoms with E-state index in [1.54, 1.807) is 16.8 Å². The van der Waals surface area contributed by atoms with Crippen molar-refractivity contribution >= 4 is 28.4 Å². The van der Waals surface area contributed by atoms with Gasteiger partial charge in [0.25, 0.3) is 5.91 Å². The Morgan fingerprint density at radius 2 is 2.26 bits per heavy atom. The van der Waals surface area contributed by atoms with Gasteiger partial charge in [0, 0.05) is 24.2 Å². The van der Waals surface area contributed by atoms with Crippen molar-refractivity contribution in [3.05, 3.63) is 50.7 Å². The average Bonchev–Trinajstić information content (AvgIpc) is 3.23. The molecule has 6 nitrogen and oxygen atoms in total. The van der Waals surface area contributed by atoms with Crippen LogP contribution in [0.3, 0.4) is 0 Å². The molecule has 1 fully saturated rings. The zero-order valence-electron chi connectivity index (χ0n) is 12.7. The van der Waals surface area contributed by atoms with Crippen molar-refractivity contribution in [2.45, 2.75) is 19.4 Å². The van der Waals surface area contributed by atoms with E-state index in [0.717, 1.165) is 21.7 Å². The number of aromatic nitrogens is 3. The summed E-state index contributed by atoms with van der Waals surface area (Å²) in [6.45, 7) is 3.19. The highest BCUT2D eigenvalue weighted by Gasteiger charge is 2.30. The second kappa shape index (κ2) is 5.34. The molecular weight excluding hydrogens is 312 g/mol. The summed E-state index contributed by atoms with van der Waals surface area (Å²) in [5, 5.41) is 0. The van der Waals surface area contributed by atoms with Gasteiger partial charge in [0.05, 0.1) is 16.4 Å². The molecule has 1 atom stereocenters. The molecule has 0 aliphatic carbocycles. The molecule has 3 aromatic heterocycles. The molecule has 1 aliphatic rings. The van der Waals surface area contributed by atoms with E-state index in [-0.39, 0.29) is 17.6 Å². The van der Waals surface area contributed by atoms with Gasteiger partial charge >= 0.3 is 5.69 Å². The average molecular weight is 328 g/mol. The molecule has 1 amide bonds. The van der Waals surface area contributed by atoms with E-state index in [9.17, 15) is 9.59 Å². The van der Waals surface area contributed by atoms with Crippen molar-refractivity contribution < 1.29 is 4.79 Å². The summed E-state index contributed by atoms with van der Waals surface area (Å²) in [5.41, 5.74) is 1.23. The molecule has 0 saturated carbocycles. The van der Waals surface area contributed by atoms with E-state index in [1.165, 1.54) is 11.3 Å². The number of nitrogens with one attached hydrogen (secondary N) is 1. The molecule has 1 saturated heterocycles. The number of likely N-dealkylation sites (tertiary alicyclic amines) is 1. The van der Waals surface area contributed by atoms with Gasteiger partial charge in [-0.05, 0) is 37.6 Å². The number of fused-ring (bicyclic) bond motifs is 1. The van der Waals surface area contributed by atoms with Crippen molar-refractivity contribution in [2.24, 2.45) is 0 Å². The van der Waals surface area contributed by atoms with Crippen LogP contribution in [0.4, 0.5) is 0 Å². The van der Waals surface area contributed by atoms with Crippen molar-refractivity contribution in [1.29, 1.82) is 0 Å². The minimum absolute atomic E-state index is 0.0313. The maximum absolute atomic E-state index is 12.5. The Labute approximate surface area is 136 Å². The van der Waals surface area contributed by atoms with Crippen LogP contribution in [0.1, 0.15) is 27.0 Å². The number of rotatable bonds is 2. The summed E-state index contributed by atoms with van der Waals surface area (Å²) < 4.78 is 1.68. The standard InChI is InChI=1S/C16H16N4O2S/c1-10-4-5-13(23-10)15(21)19-8-6-11(9-19)20-14-12(18-16(20)22)3-2-7-17-14/h2-5,7,11H,6,8-9H2,1H3,(H,18,22)/t11-/m1/s1. The molecule has 0 radical (unpaired) electrons. The number of aromatic amines is 1. The predicted molar refractivity (Wildman–Crippen MR) is 89.0 cm³/mol. The SMILES string of the molecule is Cc1ccc(C(=O)N2CC[C@@H](n3c(=O)[nH]c4cccnc43)C2)s1. The minimum atomic E-state index is -0.162. The normalized spacial score (nSPS) is 18.0. The van der Waals surface area contributed by atoms with Gasteiger partial charge in [0.15, 0.2) is 5.65 Å². The van der Waals surface area contributed by atoms with Crippen molar-refractivity contribution in [3.63, 3.8) is 0 Å². The fourth-order valence-electron chi connectivity index (χ4n) is 3.14. The summed E-state index contributed by atoms with van der Waals surface area (Å²) in [6, 6.07) is 7.43. The van der Waals surface area contributed by atoms with Crippen LogP contribution in [0, 0.1) is 6.92 Å². The molecule has 4 heterocycles. The fraction of sp³-hybridized carbons (Fsp3) is 0.312. The molecule has 0 aromatic carbocycles. The lowest BCUT2D eigenvalue weighted by molar-refractivity contribution is 0.0792. The highest BCUT2D eigenvalue weighted by molar-refractivity contribution is 7.13. The number of pyridine rings is 1. The van der Waals surface area contributed by atoms with Gasteiger partial charge in [0.1, 0.15) is 0 Å². The number of carbonyl (C=O) groups excluding carboxylic acids is 1. The van der Waals surface area contributed by atoms with Gasteiger partial charge in [-0.1, -0.05) is 0 Å². The Hall–Kier alpha value is -2.41. The van der Waals surface area contributed by atoms with Crippen LogP contribution in [-0.2, 0) is 0 Å². The van der Waals surface area contributed by atoms with Crippen LogP contribution >= 0.6 is 11.3 Å². The number of H-pyrrole nitrogens is 1. The van der Waals surface area contributed by atoms with Crippen LogP contribution < -0.4 is 5.69 Å². The molecule has 0 spiro atoms. The second-order valence-electron chi connectivity index (χ2n) is 5.78. The van der Waals surface area contributed by atoms with Gasteiger partial charge in [-0.3, -0.25) is 9.36 Å².